The zero-order valence-corrected chi connectivity index (χ0v) is 10.3. The average Bonchev–Trinajstić information content (AvgIpc) is 2.37. The molecule has 0 unspecified atom stereocenters. The molecule has 0 aliphatic carbocycles. The second-order valence-electron chi connectivity index (χ2n) is 3.76. The molecule has 0 amide bonds. The van der Waals surface area contributed by atoms with Crippen LogP contribution in [0.1, 0.15) is 27.1 Å². The van der Waals surface area contributed by atoms with E-state index < -0.39 is 0 Å². The molecule has 0 spiro atoms. The summed E-state index contributed by atoms with van der Waals surface area (Å²) in [6.45, 7) is 0.870. The molecule has 0 saturated heterocycles. The minimum absolute atomic E-state index is 0.163. The number of aldehydes is 1. The van der Waals surface area contributed by atoms with Gasteiger partial charge in [0, 0.05) is 6.42 Å². The number of halogens is 1. The Kier molecular flexibility index (Phi) is 3.84. The summed E-state index contributed by atoms with van der Waals surface area (Å²) >= 11 is 6.02. The molecule has 0 atom stereocenters. The number of hydrogen-bond donors (Lipinski definition) is 1. The van der Waals surface area contributed by atoms with E-state index >= 15 is 0 Å². The van der Waals surface area contributed by atoms with Crippen molar-refractivity contribution in [1.29, 1.82) is 0 Å². The number of rotatable bonds is 4. The van der Waals surface area contributed by atoms with Crippen LogP contribution in [0.3, 0.4) is 0 Å². The summed E-state index contributed by atoms with van der Waals surface area (Å²) in [5, 5.41) is 0.180. The van der Waals surface area contributed by atoms with Crippen molar-refractivity contribution in [2.24, 2.45) is 5.73 Å². The number of fused-ring (bicyclic) bond motifs is 1. The van der Waals surface area contributed by atoms with E-state index in [1.807, 2.05) is 0 Å². The first-order valence-corrected chi connectivity index (χ1v) is 5.87. The van der Waals surface area contributed by atoms with Crippen molar-refractivity contribution < 1.29 is 19.1 Å². The molecule has 0 bridgehead atoms. The van der Waals surface area contributed by atoms with Gasteiger partial charge in [0.2, 0.25) is 0 Å². The van der Waals surface area contributed by atoms with Gasteiger partial charge in [-0.25, -0.2) is 0 Å². The third kappa shape index (κ3) is 2.19. The number of carbonyl (C=O) groups is 2. The zero-order chi connectivity index (χ0) is 13.1. The Morgan fingerprint density at radius 3 is 2.67 bits per heavy atom. The molecular weight excluding hydrogens is 258 g/mol. The van der Waals surface area contributed by atoms with Crippen LogP contribution in [0.15, 0.2) is 6.07 Å². The van der Waals surface area contributed by atoms with Crippen LogP contribution in [-0.2, 0) is 0 Å². The number of ketones is 1. The Balaban J connectivity index is 2.58. The van der Waals surface area contributed by atoms with Crippen LogP contribution in [0.5, 0.6) is 11.5 Å². The predicted octanol–water partition coefficient (Wildman–Crippen LogP) is 1.46. The molecule has 96 valence electrons. The minimum atomic E-state index is -0.221. The molecule has 0 aromatic heterocycles. The van der Waals surface area contributed by atoms with Crippen LogP contribution < -0.4 is 15.2 Å². The first kappa shape index (κ1) is 12.9. The summed E-state index contributed by atoms with van der Waals surface area (Å²) in [5.74, 6) is 0.303. The molecule has 5 nitrogen and oxygen atoms in total. The lowest BCUT2D eigenvalue weighted by Gasteiger charge is -2.22. The smallest absolute Gasteiger partial charge is 0.174 e. The molecule has 1 aromatic carbocycles. The molecule has 2 rings (SSSR count). The van der Waals surface area contributed by atoms with Gasteiger partial charge in [-0.1, -0.05) is 11.6 Å². The summed E-state index contributed by atoms with van der Waals surface area (Å²) in [6.07, 6.45) is 0.784. The van der Waals surface area contributed by atoms with Crippen LogP contribution in [0.2, 0.25) is 5.02 Å². The lowest BCUT2D eigenvalue weighted by Crippen LogP contribution is -2.20. The van der Waals surface area contributed by atoms with Gasteiger partial charge in [0.05, 0.1) is 16.1 Å². The van der Waals surface area contributed by atoms with Crippen LogP contribution in [0.4, 0.5) is 0 Å². The van der Waals surface area contributed by atoms with E-state index in [9.17, 15) is 9.59 Å². The van der Waals surface area contributed by atoms with Gasteiger partial charge < -0.3 is 15.2 Å². The minimum Gasteiger partial charge on any atom is -0.485 e. The number of ether oxygens (including phenoxy) is 2. The fraction of sp³-hybridized carbons (Fsp3) is 0.333. The second-order valence-corrected chi connectivity index (χ2v) is 4.16. The average molecular weight is 270 g/mol. The quantitative estimate of drug-likeness (QED) is 0.661. The largest absolute Gasteiger partial charge is 0.485 e. The highest BCUT2D eigenvalue weighted by molar-refractivity contribution is 6.35. The maximum absolute atomic E-state index is 11.9. The van der Waals surface area contributed by atoms with E-state index in [1.165, 1.54) is 6.07 Å². The summed E-state index contributed by atoms with van der Waals surface area (Å²) in [5.41, 5.74) is 5.87. The normalized spacial score (nSPS) is 13.2. The SMILES string of the molecule is NCCC(=O)c1c(Cl)cc(C=O)c2c1OCCO2. The van der Waals surface area contributed by atoms with Gasteiger partial charge in [0.1, 0.15) is 13.2 Å². The fourth-order valence-electron chi connectivity index (χ4n) is 1.80. The summed E-state index contributed by atoms with van der Waals surface area (Å²) < 4.78 is 10.8. The predicted molar refractivity (Wildman–Crippen MR) is 65.8 cm³/mol. The Morgan fingerprint density at radius 1 is 1.39 bits per heavy atom. The van der Waals surface area contributed by atoms with Crippen LogP contribution in [0.25, 0.3) is 0 Å². The van der Waals surface area contributed by atoms with Crippen molar-refractivity contribution in [3.8, 4) is 11.5 Å². The highest BCUT2D eigenvalue weighted by Gasteiger charge is 2.26. The van der Waals surface area contributed by atoms with Crippen molar-refractivity contribution in [3.63, 3.8) is 0 Å². The second kappa shape index (κ2) is 5.37. The fourth-order valence-corrected chi connectivity index (χ4v) is 2.11. The van der Waals surface area contributed by atoms with Crippen LogP contribution in [-0.4, -0.2) is 31.8 Å². The van der Waals surface area contributed by atoms with Gasteiger partial charge >= 0.3 is 0 Å². The Labute approximate surface area is 109 Å². The maximum atomic E-state index is 11.9. The van der Waals surface area contributed by atoms with Crippen molar-refractivity contribution >= 4 is 23.7 Å². The highest BCUT2D eigenvalue weighted by Crippen LogP contribution is 2.41. The molecule has 2 N–H and O–H groups in total. The number of Topliss-reactive ketones (excluding diaryl/α,β-unsaturated/α-hetero) is 1. The third-order valence-corrected chi connectivity index (χ3v) is 2.87. The summed E-state index contributed by atoms with van der Waals surface area (Å²) in [7, 11) is 0. The molecule has 1 aromatic rings. The topological polar surface area (TPSA) is 78.6 Å². The van der Waals surface area contributed by atoms with E-state index in [0.29, 0.717) is 19.5 Å². The van der Waals surface area contributed by atoms with E-state index in [-0.39, 0.29) is 46.4 Å². The molecule has 0 fully saturated rings. The third-order valence-electron chi connectivity index (χ3n) is 2.57. The Hall–Kier alpha value is -1.59. The van der Waals surface area contributed by atoms with Crippen LogP contribution >= 0.6 is 11.6 Å². The molecule has 1 heterocycles. The van der Waals surface area contributed by atoms with Gasteiger partial charge in [-0.15, -0.1) is 0 Å². The summed E-state index contributed by atoms with van der Waals surface area (Å²) in [4.78, 5) is 22.9. The van der Waals surface area contributed by atoms with E-state index in [2.05, 4.69) is 0 Å². The van der Waals surface area contributed by atoms with E-state index in [4.69, 9.17) is 26.8 Å². The molecule has 0 radical (unpaired) electrons. The molecule has 1 aliphatic heterocycles. The van der Waals surface area contributed by atoms with Crippen molar-refractivity contribution in [2.75, 3.05) is 19.8 Å². The van der Waals surface area contributed by atoms with Crippen molar-refractivity contribution in [3.05, 3.63) is 22.2 Å². The lowest BCUT2D eigenvalue weighted by molar-refractivity contribution is 0.0971. The van der Waals surface area contributed by atoms with E-state index in [1.54, 1.807) is 0 Å². The maximum Gasteiger partial charge on any atom is 0.174 e. The lowest BCUT2D eigenvalue weighted by atomic mass is 10.0. The standard InChI is InChI=1S/C12H12ClNO4/c13-8-5-7(6-15)11-12(18-4-3-17-11)10(8)9(16)1-2-14/h5-6H,1-4,14H2. The van der Waals surface area contributed by atoms with E-state index in [0.717, 1.165) is 0 Å². The molecule has 0 saturated carbocycles. The van der Waals surface area contributed by atoms with Crippen molar-refractivity contribution in [1.82, 2.24) is 0 Å². The zero-order valence-electron chi connectivity index (χ0n) is 9.57. The first-order chi connectivity index (χ1) is 8.69. The van der Waals surface area contributed by atoms with Gasteiger partial charge in [0.25, 0.3) is 0 Å². The molecule has 6 heteroatoms. The molecular formula is C12H12ClNO4. The molecule has 1 aliphatic rings. The van der Waals surface area contributed by atoms with Crippen molar-refractivity contribution in [2.45, 2.75) is 6.42 Å². The number of carbonyl (C=O) groups excluding carboxylic acids is 2. The van der Waals surface area contributed by atoms with Gasteiger partial charge in [-0.2, -0.15) is 0 Å². The molecule has 18 heavy (non-hydrogen) atoms. The van der Waals surface area contributed by atoms with Crippen LogP contribution in [0, 0.1) is 0 Å². The Morgan fingerprint density at radius 2 is 2.06 bits per heavy atom. The van der Waals surface area contributed by atoms with Gasteiger partial charge in [-0.05, 0) is 12.6 Å². The van der Waals surface area contributed by atoms with Gasteiger partial charge in [0.15, 0.2) is 23.6 Å². The van der Waals surface area contributed by atoms with Gasteiger partial charge in [-0.3, -0.25) is 9.59 Å². The first-order valence-electron chi connectivity index (χ1n) is 5.49. The number of benzene rings is 1. The monoisotopic (exact) mass is 269 g/mol. The highest BCUT2D eigenvalue weighted by atomic mass is 35.5. The summed E-state index contributed by atoms with van der Waals surface area (Å²) in [6, 6.07) is 1.41. The number of nitrogens with two attached hydrogens (primary N) is 1. The number of hydrogen-bond acceptors (Lipinski definition) is 5. The Bertz CT molecular complexity index is 501.